The molecule has 1 amide bonds. The Morgan fingerprint density at radius 3 is 2.54 bits per heavy atom. The Morgan fingerprint density at radius 1 is 1.11 bits per heavy atom. The molecule has 0 unspecified atom stereocenters. The topological polar surface area (TPSA) is 88.7 Å². The molecule has 7 heteroatoms. The normalized spacial score (nSPS) is 11.1. The molecular weight excluding hydrogens is 372 g/mol. The second-order valence-corrected chi connectivity index (χ2v) is 7.17. The van der Waals surface area contributed by atoms with Crippen molar-refractivity contribution >= 4 is 23.6 Å². The Kier molecular flexibility index (Phi) is 9.79. The third kappa shape index (κ3) is 8.81. The van der Waals surface area contributed by atoms with Crippen LogP contribution in [-0.2, 0) is 11.2 Å². The predicted octanol–water partition coefficient (Wildman–Crippen LogP) is 2.44. The highest BCUT2D eigenvalue weighted by atomic mass is 32.2. The standard InChI is InChI=1S/C21H28N4O2S/c1-2-23-21(25-14-15-28-19-6-4-3-5-7-19)24-13-12-17-8-10-18(11-9-17)27-16-20(22)26/h3-11H,2,12-16H2,1H3,(H2,22,26)(H2,23,24,25). The van der Waals surface area contributed by atoms with Crippen LogP contribution in [0.2, 0.25) is 0 Å². The van der Waals surface area contributed by atoms with E-state index in [4.69, 9.17) is 10.5 Å². The first-order chi connectivity index (χ1) is 13.7. The number of aliphatic imine (C=N–C) groups is 1. The summed E-state index contributed by atoms with van der Waals surface area (Å²) in [5.41, 5.74) is 6.23. The van der Waals surface area contributed by atoms with Crippen molar-refractivity contribution < 1.29 is 9.53 Å². The third-order valence-electron chi connectivity index (χ3n) is 3.73. The number of rotatable bonds is 11. The number of nitrogens with one attached hydrogen (secondary N) is 2. The molecule has 0 saturated heterocycles. The summed E-state index contributed by atoms with van der Waals surface area (Å²) in [6, 6.07) is 18.0. The molecule has 0 aromatic heterocycles. The van der Waals surface area contributed by atoms with Crippen LogP contribution in [0.1, 0.15) is 12.5 Å². The summed E-state index contributed by atoms with van der Waals surface area (Å²) in [6.07, 6.45) is 0.825. The van der Waals surface area contributed by atoms with Gasteiger partial charge in [-0.1, -0.05) is 30.3 Å². The molecule has 0 spiro atoms. The van der Waals surface area contributed by atoms with Crippen molar-refractivity contribution in [1.29, 1.82) is 0 Å². The van der Waals surface area contributed by atoms with E-state index >= 15 is 0 Å². The van der Waals surface area contributed by atoms with E-state index in [0.717, 1.165) is 36.8 Å². The average molecular weight is 401 g/mol. The smallest absolute Gasteiger partial charge is 0.255 e. The lowest BCUT2D eigenvalue weighted by Gasteiger charge is -2.11. The van der Waals surface area contributed by atoms with Crippen molar-refractivity contribution in [3.8, 4) is 5.75 Å². The zero-order valence-electron chi connectivity index (χ0n) is 16.2. The van der Waals surface area contributed by atoms with Gasteiger partial charge in [-0.15, -0.1) is 11.8 Å². The number of hydrogen-bond acceptors (Lipinski definition) is 4. The van der Waals surface area contributed by atoms with Gasteiger partial charge in [0.15, 0.2) is 12.6 Å². The maximum atomic E-state index is 10.7. The number of hydrogen-bond donors (Lipinski definition) is 3. The summed E-state index contributed by atoms with van der Waals surface area (Å²) in [5, 5.41) is 6.64. The van der Waals surface area contributed by atoms with Gasteiger partial charge >= 0.3 is 0 Å². The predicted molar refractivity (Wildman–Crippen MR) is 116 cm³/mol. The minimum atomic E-state index is -0.482. The van der Waals surface area contributed by atoms with Crippen LogP contribution in [0.3, 0.4) is 0 Å². The second kappa shape index (κ2) is 12.7. The van der Waals surface area contributed by atoms with Crippen LogP contribution < -0.4 is 21.1 Å². The summed E-state index contributed by atoms with van der Waals surface area (Å²) >= 11 is 1.82. The molecule has 2 rings (SSSR count). The summed E-state index contributed by atoms with van der Waals surface area (Å²) in [6.45, 7) is 4.30. The Bertz CT molecular complexity index is 736. The minimum Gasteiger partial charge on any atom is -0.484 e. The maximum absolute atomic E-state index is 10.7. The van der Waals surface area contributed by atoms with Crippen LogP contribution in [0.4, 0.5) is 0 Å². The molecule has 2 aromatic rings. The van der Waals surface area contributed by atoms with Crippen LogP contribution in [0.25, 0.3) is 0 Å². The monoisotopic (exact) mass is 400 g/mol. The van der Waals surface area contributed by atoms with E-state index in [1.165, 1.54) is 4.90 Å². The SMILES string of the molecule is CCNC(=NCCc1ccc(OCC(N)=O)cc1)NCCSc1ccccc1. The molecule has 0 aliphatic carbocycles. The molecular formula is C21H28N4O2S. The number of amides is 1. The van der Waals surface area contributed by atoms with Gasteiger partial charge in [0, 0.05) is 30.3 Å². The van der Waals surface area contributed by atoms with E-state index in [2.05, 4.69) is 46.8 Å². The largest absolute Gasteiger partial charge is 0.484 e. The Morgan fingerprint density at radius 2 is 1.86 bits per heavy atom. The number of benzene rings is 2. The molecule has 28 heavy (non-hydrogen) atoms. The number of nitrogens with two attached hydrogens (primary N) is 1. The van der Waals surface area contributed by atoms with Crippen molar-refractivity contribution in [2.24, 2.45) is 10.7 Å². The lowest BCUT2D eigenvalue weighted by Crippen LogP contribution is -2.38. The third-order valence-corrected chi connectivity index (χ3v) is 4.74. The Hall–Kier alpha value is -2.67. The van der Waals surface area contributed by atoms with Crippen LogP contribution in [0, 0.1) is 0 Å². The van der Waals surface area contributed by atoms with E-state index in [9.17, 15) is 4.79 Å². The fourth-order valence-electron chi connectivity index (χ4n) is 2.40. The number of thioether (sulfide) groups is 1. The van der Waals surface area contributed by atoms with Gasteiger partial charge in [-0.2, -0.15) is 0 Å². The van der Waals surface area contributed by atoms with Crippen molar-refractivity contribution in [2.45, 2.75) is 18.2 Å². The molecule has 0 aliphatic heterocycles. The zero-order valence-corrected chi connectivity index (χ0v) is 17.0. The first kappa shape index (κ1) is 21.6. The average Bonchev–Trinajstić information content (AvgIpc) is 2.71. The van der Waals surface area contributed by atoms with Gasteiger partial charge in [-0.05, 0) is 43.2 Å². The summed E-state index contributed by atoms with van der Waals surface area (Å²) in [4.78, 5) is 16.6. The van der Waals surface area contributed by atoms with Gasteiger partial charge in [0.2, 0.25) is 0 Å². The van der Waals surface area contributed by atoms with Gasteiger partial charge in [-0.25, -0.2) is 0 Å². The van der Waals surface area contributed by atoms with Crippen molar-refractivity contribution in [3.05, 3.63) is 60.2 Å². The van der Waals surface area contributed by atoms with Gasteiger partial charge in [0.25, 0.3) is 5.91 Å². The van der Waals surface area contributed by atoms with Gasteiger partial charge in [0.1, 0.15) is 5.75 Å². The fraction of sp³-hybridized carbons (Fsp3) is 0.333. The van der Waals surface area contributed by atoms with Crippen molar-refractivity contribution in [2.75, 3.05) is 32.0 Å². The lowest BCUT2D eigenvalue weighted by atomic mass is 10.1. The number of carbonyl (C=O) groups excluding carboxylic acids is 1. The first-order valence-electron chi connectivity index (χ1n) is 9.37. The van der Waals surface area contributed by atoms with E-state index in [1.807, 2.05) is 42.1 Å². The summed E-state index contributed by atoms with van der Waals surface area (Å²) in [7, 11) is 0. The summed E-state index contributed by atoms with van der Waals surface area (Å²) < 4.78 is 5.26. The second-order valence-electron chi connectivity index (χ2n) is 6.00. The number of carbonyl (C=O) groups is 1. The molecule has 2 aromatic carbocycles. The minimum absolute atomic E-state index is 0.107. The number of primary amides is 1. The quantitative estimate of drug-likeness (QED) is 0.233. The highest BCUT2D eigenvalue weighted by Crippen LogP contribution is 2.15. The van der Waals surface area contributed by atoms with E-state index in [-0.39, 0.29) is 6.61 Å². The fourth-order valence-corrected chi connectivity index (χ4v) is 3.19. The molecule has 0 bridgehead atoms. The van der Waals surface area contributed by atoms with Crippen LogP contribution in [-0.4, -0.2) is 43.9 Å². The van der Waals surface area contributed by atoms with E-state index < -0.39 is 5.91 Å². The van der Waals surface area contributed by atoms with Gasteiger partial charge < -0.3 is 21.1 Å². The van der Waals surface area contributed by atoms with E-state index in [0.29, 0.717) is 12.3 Å². The molecule has 0 heterocycles. The molecule has 0 aliphatic rings. The van der Waals surface area contributed by atoms with Crippen LogP contribution >= 0.6 is 11.8 Å². The maximum Gasteiger partial charge on any atom is 0.255 e. The van der Waals surface area contributed by atoms with Crippen molar-refractivity contribution in [1.82, 2.24) is 10.6 Å². The summed E-state index contributed by atoms with van der Waals surface area (Å²) in [5.74, 6) is 1.96. The molecule has 150 valence electrons. The Balaban J connectivity index is 1.73. The molecule has 0 fully saturated rings. The molecule has 4 N–H and O–H groups in total. The van der Waals surface area contributed by atoms with Crippen LogP contribution in [0.15, 0.2) is 64.5 Å². The Labute approximate surface area is 171 Å². The van der Waals surface area contributed by atoms with Gasteiger partial charge in [-0.3, -0.25) is 9.79 Å². The number of ether oxygens (including phenoxy) is 1. The van der Waals surface area contributed by atoms with Gasteiger partial charge in [0.05, 0.1) is 0 Å². The molecule has 0 saturated carbocycles. The molecule has 0 radical (unpaired) electrons. The number of nitrogens with zero attached hydrogens (tertiary/aromatic N) is 1. The molecule has 0 atom stereocenters. The molecule has 6 nitrogen and oxygen atoms in total. The van der Waals surface area contributed by atoms with Crippen molar-refractivity contribution in [3.63, 3.8) is 0 Å². The number of guanidine groups is 1. The first-order valence-corrected chi connectivity index (χ1v) is 10.4. The highest BCUT2D eigenvalue weighted by Gasteiger charge is 2.00. The lowest BCUT2D eigenvalue weighted by molar-refractivity contribution is -0.119. The highest BCUT2D eigenvalue weighted by molar-refractivity contribution is 7.99. The van der Waals surface area contributed by atoms with Crippen LogP contribution in [0.5, 0.6) is 5.75 Å². The van der Waals surface area contributed by atoms with E-state index in [1.54, 1.807) is 0 Å². The zero-order chi connectivity index (χ0) is 20.0.